The number of amidine groups is 1. The minimum atomic E-state index is -1.25. The first-order chi connectivity index (χ1) is 34.2. The average Bonchev–Trinajstić information content (AvgIpc) is 3.30. The molecule has 0 fully saturated rings. The summed E-state index contributed by atoms with van der Waals surface area (Å²) in [5, 5.41) is 30.0. The lowest BCUT2D eigenvalue weighted by Gasteiger charge is -2.31. The normalized spacial score (nSPS) is 14.6. The lowest BCUT2D eigenvalue weighted by molar-refractivity contribution is -0.137. The smallest absolute Gasteiger partial charge is 0.243 e. The number of hydrogen-bond acceptors (Lipinski definition) is 11. The topological polar surface area (TPSA) is 373 Å². The molecule has 8 amide bonds. The number of nitrogens with one attached hydrogen (secondary N) is 9. The fourth-order valence-corrected chi connectivity index (χ4v) is 7.81. The Bertz CT molecular complexity index is 1990. The highest BCUT2D eigenvalue weighted by atomic mass is 16.2. The van der Waals surface area contributed by atoms with E-state index >= 15 is 0 Å². The van der Waals surface area contributed by atoms with Crippen molar-refractivity contribution in [2.45, 2.75) is 183 Å². The third-order valence-electron chi connectivity index (χ3n) is 12.0. The highest BCUT2D eigenvalue weighted by molar-refractivity contribution is 5.98. The van der Waals surface area contributed by atoms with Crippen LogP contribution in [-0.4, -0.2) is 114 Å². The first-order valence-corrected chi connectivity index (χ1v) is 25.8. The lowest BCUT2D eigenvalue weighted by atomic mass is 9.95. The van der Waals surface area contributed by atoms with Gasteiger partial charge in [-0.25, -0.2) is 0 Å². The number of unbranched alkanes of at least 4 members (excludes halogenated alkanes) is 1. The number of rotatable bonds is 34. The van der Waals surface area contributed by atoms with Crippen LogP contribution < -0.4 is 65.5 Å². The Hall–Kier alpha value is -6.32. The van der Waals surface area contributed by atoms with Crippen molar-refractivity contribution in [2.24, 2.45) is 57.5 Å². The van der Waals surface area contributed by atoms with E-state index in [0.717, 1.165) is 5.56 Å². The van der Waals surface area contributed by atoms with Crippen LogP contribution in [0.4, 0.5) is 0 Å². The largest absolute Gasteiger partial charge is 0.384 e. The number of carbonyl (C=O) groups is 8. The number of nitrogen functional groups attached to an aromatic ring is 1. The molecule has 1 aromatic rings. The maximum atomic E-state index is 14.3. The Labute approximate surface area is 432 Å². The van der Waals surface area contributed by atoms with Crippen molar-refractivity contribution in [3.05, 3.63) is 35.4 Å². The molecular weight excluding hydrogens is 937 g/mol. The van der Waals surface area contributed by atoms with E-state index in [4.69, 9.17) is 28.3 Å². The number of amides is 8. The predicted molar refractivity (Wildman–Crippen MR) is 284 cm³/mol. The molecule has 0 aliphatic heterocycles. The van der Waals surface area contributed by atoms with E-state index in [-0.39, 0.29) is 74.7 Å². The van der Waals surface area contributed by atoms with Gasteiger partial charge >= 0.3 is 0 Å². The summed E-state index contributed by atoms with van der Waals surface area (Å²) in [7, 11) is 0. The summed E-state index contributed by atoms with van der Waals surface area (Å²) >= 11 is 0. The third kappa shape index (κ3) is 25.3. The van der Waals surface area contributed by atoms with Crippen LogP contribution in [-0.2, 0) is 44.9 Å². The molecular formula is C51H90N14O8. The first kappa shape index (κ1) is 64.7. The summed E-state index contributed by atoms with van der Waals surface area (Å²) in [6.07, 6.45) is 2.81. The molecule has 22 nitrogen and oxygen atoms in total. The summed E-state index contributed by atoms with van der Waals surface area (Å²) in [6.45, 7) is 20.3. The van der Waals surface area contributed by atoms with Crippen molar-refractivity contribution in [2.75, 3.05) is 13.1 Å². The van der Waals surface area contributed by atoms with Gasteiger partial charge in [0, 0.05) is 25.6 Å². The molecule has 412 valence electrons. The van der Waals surface area contributed by atoms with Gasteiger partial charge in [-0.3, -0.25) is 48.8 Å². The van der Waals surface area contributed by atoms with Gasteiger partial charge in [0.15, 0.2) is 5.96 Å². The number of hydrogen-bond donors (Lipinski definition) is 13. The van der Waals surface area contributed by atoms with Crippen LogP contribution >= 0.6 is 0 Å². The summed E-state index contributed by atoms with van der Waals surface area (Å²) in [5.41, 5.74) is 23.7. The van der Waals surface area contributed by atoms with Crippen molar-refractivity contribution in [1.82, 2.24) is 42.5 Å². The Morgan fingerprint density at radius 3 is 1.44 bits per heavy atom. The zero-order valence-electron chi connectivity index (χ0n) is 45.2. The van der Waals surface area contributed by atoms with Crippen LogP contribution in [0.3, 0.4) is 0 Å². The molecule has 22 heteroatoms. The Kier molecular flexibility index (Phi) is 29.6. The van der Waals surface area contributed by atoms with Crippen LogP contribution in [0.25, 0.3) is 0 Å². The number of carbonyl (C=O) groups excluding carboxylic acids is 8. The van der Waals surface area contributed by atoms with E-state index < -0.39 is 101 Å². The van der Waals surface area contributed by atoms with Crippen LogP contribution in [0.5, 0.6) is 0 Å². The maximum absolute atomic E-state index is 14.3. The molecule has 0 saturated carbocycles. The van der Waals surface area contributed by atoms with E-state index in [2.05, 4.69) is 47.5 Å². The fourth-order valence-electron chi connectivity index (χ4n) is 7.81. The van der Waals surface area contributed by atoms with Gasteiger partial charge in [-0.1, -0.05) is 99.9 Å². The van der Waals surface area contributed by atoms with Crippen molar-refractivity contribution >= 4 is 59.1 Å². The molecule has 8 atom stereocenters. The number of guanidine groups is 1. The van der Waals surface area contributed by atoms with E-state index in [0.29, 0.717) is 37.8 Å². The molecule has 0 unspecified atom stereocenters. The van der Waals surface area contributed by atoms with Gasteiger partial charge in [-0.05, 0) is 93.1 Å². The van der Waals surface area contributed by atoms with Crippen LogP contribution in [0.15, 0.2) is 29.3 Å². The Morgan fingerprint density at radius 2 is 0.973 bits per heavy atom. The number of benzene rings is 1. The second kappa shape index (κ2) is 33.4. The Balaban J connectivity index is 3.47. The monoisotopic (exact) mass is 1030 g/mol. The maximum Gasteiger partial charge on any atom is 0.243 e. The molecule has 0 aliphatic rings. The fraction of sp³-hybridized carbons (Fsp3) is 0.686. The molecule has 0 saturated heterocycles. The zero-order valence-corrected chi connectivity index (χ0v) is 45.2. The number of aliphatic imine (C=N–C) groups is 1. The molecule has 0 aromatic heterocycles. The lowest BCUT2D eigenvalue weighted by Crippen LogP contribution is -2.61. The highest BCUT2D eigenvalue weighted by Crippen LogP contribution is 2.15. The predicted octanol–water partition coefficient (Wildman–Crippen LogP) is 1.02. The minimum absolute atomic E-state index is 0.0229. The summed E-state index contributed by atoms with van der Waals surface area (Å²) in [6, 6.07) is -0.852. The molecule has 73 heavy (non-hydrogen) atoms. The first-order valence-electron chi connectivity index (χ1n) is 25.8. The van der Waals surface area contributed by atoms with Gasteiger partial charge in [0.25, 0.3) is 0 Å². The van der Waals surface area contributed by atoms with Crippen LogP contribution in [0.1, 0.15) is 145 Å². The molecule has 0 aliphatic carbocycles. The molecule has 0 radical (unpaired) electrons. The highest BCUT2D eigenvalue weighted by Gasteiger charge is 2.36. The SMILES string of the molecule is CC[C@H](C)[C@H](NC(=O)[C@H](CC(C)C)NC(=O)[C@H](CC(C)C)NC(C)=O)C(=O)N[C@@H](CC(C)C)C(=O)N[C@@H](CCCN=C(N)N)C(=O)N[C@H](C(=O)N[C@@H](CCCCN)C(=O)NCc1ccc(C(=N)N)cc1)C(C)C. The molecule has 0 bridgehead atoms. The van der Waals surface area contributed by atoms with Crippen molar-refractivity contribution in [1.29, 1.82) is 5.41 Å². The van der Waals surface area contributed by atoms with Crippen molar-refractivity contribution in [3.63, 3.8) is 0 Å². The van der Waals surface area contributed by atoms with E-state index in [1.54, 1.807) is 45.0 Å². The second-order valence-electron chi connectivity index (χ2n) is 20.6. The second-order valence-corrected chi connectivity index (χ2v) is 20.6. The van der Waals surface area contributed by atoms with E-state index in [1.807, 2.05) is 48.5 Å². The molecule has 0 heterocycles. The average molecular weight is 1030 g/mol. The standard InChI is InChI=1S/C51H90N14O8/c1-12-32(10)42(65-48(71)40(26-30(6)7)62-46(69)38(24-28(2)3)59-33(11)66)50(73)63-39(25-29(4)5)47(70)60-37(17-15-23-57-51(55)56)45(68)64-41(31(8)9)49(72)61-36(16-13-14-22-52)44(67)58-27-34-18-20-35(21-19-34)43(53)54/h18-21,28-32,36-42H,12-17,22-27,52H2,1-11H3,(H3,53,54)(H,58,67)(H,59,66)(H,60,70)(H,61,72)(H,62,69)(H,63,73)(H,64,68)(H,65,71)(H4,55,56,57)/t32-,36-,37-,38-,39-,40-,41-,42-/m0/s1. The Morgan fingerprint density at radius 1 is 0.548 bits per heavy atom. The quantitative estimate of drug-likeness (QED) is 0.0262. The molecule has 17 N–H and O–H groups in total. The van der Waals surface area contributed by atoms with Gasteiger partial charge in [0.1, 0.15) is 48.1 Å². The van der Waals surface area contributed by atoms with Crippen molar-refractivity contribution < 1.29 is 38.4 Å². The van der Waals surface area contributed by atoms with Gasteiger partial charge in [0.05, 0.1) is 0 Å². The molecule has 1 aromatic carbocycles. The van der Waals surface area contributed by atoms with Crippen LogP contribution in [0, 0.1) is 35.0 Å². The summed E-state index contributed by atoms with van der Waals surface area (Å²) in [4.78, 5) is 114. The summed E-state index contributed by atoms with van der Waals surface area (Å²) < 4.78 is 0. The molecule has 1 rings (SSSR count). The van der Waals surface area contributed by atoms with Gasteiger partial charge < -0.3 is 65.5 Å². The van der Waals surface area contributed by atoms with E-state index in [9.17, 15) is 38.4 Å². The third-order valence-corrected chi connectivity index (χ3v) is 12.0. The summed E-state index contributed by atoms with van der Waals surface area (Å²) in [5.74, 6) is -5.98. The van der Waals surface area contributed by atoms with Gasteiger partial charge in [-0.2, -0.15) is 0 Å². The van der Waals surface area contributed by atoms with E-state index in [1.165, 1.54) is 6.92 Å². The number of nitrogens with zero attached hydrogens (tertiary/aromatic N) is 1. The van der Waals surface area contributed by atoms with Gasteiger partial charge in [-0.15, -0.1) is 0 Å². The number of nitrogens with two attached hydrogens (primary N) is 4. The van der Waals surface area contributed by atoms with Crippen molar-refractivity contribution in [3.8, 4) is 0 Å². The molecule has 0 spiro atoms. The zero-order chi connectivity index (χ0) is 55.5. The van der Waals surface area contributed by atoms with Crippen LogP contribution in [0.2, 0.25) is 0 Å². The minimum Gasteiger partial charge on any atom is -0.384 e. The van der Waals surface area contributed by atoms with Gasteiger partial charge in [0.2, 0.25) is 47.3 Å².